The Kier molecular flexibility index (Phi) is 5.17. The molecule has 0 amide bonds. The molecule has 0 aliphatic heterocycles. The predicted molar refractivity (Wildman–Crippen MR) is 77.9 cm³/mol. The molecular weight excluding hydrogens is 274 g/mol. The lowest BCUT2D eigenvalue weighted by atomic mass is 10.1. The van der Waals surface area contributed by atoms with Gasteiger partial charge in [0.15, 0.2) is 5.16 Å². The van der Waals surface area contributed by atoms with Gasteiger partial charge in [-0.1, -0.05) is 42.1 Å². The number of carboxylic acid groups (broad SMARTS) is 1. The molecule has 20 heavy (non-hydrogen) atoms. The molecule has 0 saturated heterocycles. The lowest BCUT2D eigenvalue weighted by Crippen LogP contribution is -2.06. The fourth-order valence-corrected chi connectivity index (χ4v) is 2.70. The predicted octanol–water partition coefficient (Wildman–Crippen LogP) is 2.26. The highest BCUT2D eigenvalue weighted by molar-refractivity contribution is 7.99. The Labute approximate surface area is 122 Å². The maximum Gasteiger partial charge on any atom is 0.313 e. The number of rotatable bonds is 7. The van der Waals surface area contributed by atoms with Gasteiger partial charge in [0.25, 0.3) is 0 Å². The first-order chi connectivity index (χ1) is 9.70. The van der Waals surface area contributed by atoms with Gasteiger partial charge in [0.05, 0.1) is 5.75 Å². The fourth-order valence-electron chi connectivity index (χ4n) is 1.96. The normalized spacial score (nSPS) is 10.7. The van der Waals surface area contributed by atoms with Crippen LogP contribution in [-0.2, 0) is 24.2 Å². The molecule has 0 radical (unpaired) electrons. The topological polar surface area (TPSA) is 68.0 Å². The van der Waals surface area contributed by atoms with Gasteiger partial charge in [-0.2, -0.15) is 0 Å². The largest absolute Gasteiger partial charge is 0.481 e. The van der Waals surface area contributed by atoms with Crippen LogP contribution in [0.3, 0.4) is 0 Å². The van der Waals surface area contributed by atoms with Crippen LogP contribution in [0.1, 0.15) is 18.3 Å². The van der Waals surface area contributed by atoms with Crippen molar-refractivity contribution in [1.82, 2.24) is 14.8 Å². The Morgan fingerprint density at radius 2 is 2.00 bits per heavy atom. The quantitative estimate of drug-likeness (QED) is 0.793. The minimum atomic E-state index is -0.841. The lowest BCUT2D eigenvalue weighted by Gasteiger charge is -2.06. The van der Waals surface area contributed by atoms with Crippen molar-refractivity contribution in [3.63, 3.8) is 0 Å². The van der Waals surface area contributed by atoms with Crippen molar-refractivity contribution in [2.75, 3.05) is 5.75 Å². The Morgan fingerprint density at radius 3 is 2.65 bits per heavy atom. The summed E-state index contributed by atoms with van der Waals surface area (Å²) >= 11 is 1.21. The van der Waals surface area contributed by atoms with E-state index in [0.29, 0.717) is 5.16 Å². The van der Waals surface area contributed by atoms with E-state index in [1.807, 2.05) is 29.7 Å². The molecule has 0 atom stereocenters. The van der Waals surface area contributed by atoms with E-state index >= 15 is 0 Å². The summed E-state index contributed by atoms with van der Waals surface area (Å²) in [4.78, 5) is 10.6. The summed E-state index contributed by atoms with van der Waals surface area (Å²) in [6.45, 7) is 2.76. The molecule has 0 unspecified atom stereocenters. The molecule has 0 bridgehead atoms. The summed E-state index contributed by atoms with van der Waals surface area (Å²) in [5, 5.41) is 17.7. The Morgan fingerprint density at radius 1 is 1.25 bits per heavy atom. The molecule has 1 N–H and O–H groups in total. The van der Waals surface area contributed by atoms with E-state index in [0.717, 1.165) is 25.2 Å². The zero-order valence-corrected chi connectivity index (χ0v) is 12.1. The van der Waals surface area contributed by atoms with Crippen LogP contribution < -0.4 is 0 Å². The van der Waals surface area contributed by atoms with Crippen molar-refractivity contribution in [2.24, 2.45) is 0 Å². The molecule has 0 aliphatic rings. The average molecular weight is 291 g/mol. The van der Waals surface area contributed by atoms with Gasteiger partial charge in [0.1, 0.15) is 5.82 Å². The first kappa shape index (κ1) is 14.6. The van der Waals surface area contributed by atoms with Crippen LogP contribution in [0, 0.1) is 0 Å². The number of aliphatic carboxylic acids is 1. The summed E-state index contributed by atoms with van der Waals surface area (Å²) in [6.07, 6.45) is 1.71. The molecule has 0 aliphatic carbocycles. The van der Waals surface area contributed by atoms with Crippen LogP contribution >= 0.6 is 11.8 Å². The second-order valence-corrected chi connectivity index (χ2v) is 5.25. The van der Waals surface area contributed by atoms with E-state index in [1.54, 1.807) is 0 Å². The number of hydrogen-bond acceptors (Lipinski definition) is 4. The third kappa shape index (κ3) is 3.84. The van der Waals surface area contributed by atoms with Gasteiger partial charge in [-0.25, -0.2) is 0 Å². The van der Waals surface area contributed by atoms with Crippen LogP contribution in [0.25, 0.3) is 0 Å². The highest BCUT2D eigenvalue weighted by Gasteiger charge is 2.12. The first-order valence-electron chi connectivity index (χ1n) is 6.51. The highest BCUT2D eigenvalue weighted by atomic mass is 32.2. The lowest BCUT2D eigenvalue weighted by molar-refractivity contribution is -0.133. The van der Waals surface area contributed by atoms with Crippen molar-refractivity contribution in [2.45, 2.75) is 31.5 Å². The molecule has 106 valence electrons. The van der Waals surface area contributed by atoms with E-state index in [2.05, 4.69) is 22.3 Å². The number of thioether (sulfide) groups is 1. The zero-order chi connectivity index (χ0) is 14.4. The second kappa shape index (κ2) is 7.09. The summed E-state index contributed by atoms with van der Waals surface area (Å²) < 4.78 is 1.98. The van der Waals surface area contributed by atoms with Crippen LogP contribution in [0.5, 0.6) is 0 Å². The smallest absolute Gasteiger partial charge is 0.313 e. The summed E-state index contributed by atoms with van der Waals surface area (Å²) in [5.41, 5.74) is 1.26. The molecule has 1 aromatic carbocycles. The molecule has 6 heteroatoms. The first-order valence-corrected chi connectivity index (χ1v) is 7.50. The number of aromatic nitrogens is 3. The SMILES string of the molecule is CCn1c(CCc2ccccc2)nnc1SCC(=O)O. The minimum absolute atomic E-state index is 0.0107. The number of carbonyl (C=O) groups is 1. The number of hydrogen-bond donors (Lipinski definition) is 1. The number of carboxylic acids is 1. The maximum absolute atomic E-state index is 10.6. The number of nitrogens with zero attached hydrogens (tertiary/aromatic N) is 3. The molecule has 0 saturated carbocycles. The third-order valence-electron chi connectivity index (χ3n) is 2.91. The maximum atomic E-state index is 10.6. The van der Waals surface area contributed by atoms with Gasteiger partial charge in [0.2, 0.25) is 0 Å². The van der Waals surface area contributed by atoms with Gasteiger partial charge in [-0.15, -0.1) is 10.2 Å². The van der Waals surface area contributed by atoms with Crippen molar-refractivity contribution < 1.29 is 9.90 Å². The standard InChI is InChI=1S/C14H17N3O2S/c1-2-17-12(9-8-11-6-4-3-5-7-11)15-16-14(17)20-10-13(18)19/h3-7H,2,8-10H2,1H3,(H,18,19). The molecule has 1 heterocycles. The summed E-state index contributed by atoms with van der Waals surface area (Å²) in [7, 11) is 0. The van der Waals surface area contributed by atoms with Crippen molar-refractivity contribution in [1.29, 1.82) is 0 Å². The molecule has 2 aromatic rings. The average Bonchev–Trinajstić information content (AvgIpc) is 2.86. The van der Waals surface area contributed by atoms with Gasteiger partial charge >= 0.3 is 5.97 Å². The molecule has 2 rings (SSSR count). The Bertz CT molecular complexity index is 569. The van der Waals surface area contributed by atoms with Crippen LogP contribution in [0.2, 0.25) is 0 Å². The van der Waals surface area contributed by atoms with E-state index in [-0.39, 0.29) is 5.75 Å². The van der Waals surface area contributed by atoms with Crippen molar-refractivity contribution in [3.05, 3.63) is 41.7 Å². The van der Waals surface area contributed by atoms with Crippen LogP contribution in [0.4, 0.5) is 0 Å². The van der Waals surface area contributed by atoms with E-state index in [4.69, 9.17) is 5.11 Å². The van der Waals surface area contributed by atoms with E-state index < -0.39 is 5.97 Å². The molecule has 0 fully saturated rings. The van der Waals surface area contributed by atoms with Gasteiger partial charge in [0, 0.05) is 13.0 Å². The number of aryl methyl sites for hydroxylation is 2. The third-order valence-corrected chi connectivity index (χ3v) is 3.87. The van der Waals surface area contributed by atoms with Crippen LogP contribution in [-0.4, -0.2) is 31.6 Å². The second-order valence-electron chi connectivity index (χ2n) is 4.31. The Hall–Kier alpha value is -1.82. The number of benzene rings is 1. The highest BCUT2D eigenvalue weighted by Crippen LogP contribution is 2.17. The zero-order valence-electron chi connectivity index (χ0n) is 11.3. The monoisotopic (exact) mass is 291 g/mol. The van der Waals surface area contributed by atoms with Crippen molar-refractivity contribution in [3.8, 4) is 0 Å². The Balaban J connectivity index is 2.02. The summed E-state index contributed by atoms with van der Waals surface area (Å²) in [6, 6.07) is 10.2. The molecule has 1 aromatic heterocycles. The van der Waals surface area contributed by atoms with Gasteiger partial charge in [-0.3, -0.25) is 4.79 Å². The summed E-state index contributed by atoms with van der Waals surface area (Å²) in [5.74, 6) is 0.0762. The minimum Gasteiger partial charge on any atom is -0.481 e. The van der Waals surface area contributed by atoms with Crippen LogP contribution in [0.15, 0.2) is 35.5 Å². The van der Waals surface area contributed by atoms with Gasteiger partial charge < -0.3 is 9.67 Å². The molecule has 5 nitrogen and oxygen atoms in total. The molecule has 0 spiro atoms. The van der Waals surface area contributed by atoms with Crippen molar-refractivity contribution >= 4 is 17.7 Å². The van der Waals surface area contributed by atoms with E-state index in [1.165, 1.54) is 17.3 Å². The fraction of sp³-hybridized carbons (Fsp3) is 0.357. The molecular formula is C14H17N3O2S. The van der Waals surface area contributed by atoms with Gasteiger partial charge in [-0.05, 0) is 18.9 Å². The van der Waals surface area contributed by atoms with E-state index in [9.17, 15) is 4.79 Å².